The Hall–Kier alpha value is -2.41. The van der Waals surface area contributed by atoms with Crippen molar-refractivity contribution in [3.63, 3.8) is 0 Å². The Morgan fingerprint density at radius 1 is 1.09 bits per heavy atom. The second kappa shape index (κ2) is 6.15. The van der Waals surface area contributed by atoms with E-state index in [9.17, 15) is 18.0 Å². The van der Waals surface area contributed by atoms with Crippen molar-refractivity contribution in [2.24, 2.45) is 7.05 Å². The summed E-state index contributed by atoms with van der Waals surface area (Å²) in [4.78, 5) is 24.1. The summed E-state index contributed by atoms with van der Waals surface area (Å²) in [6, 6.07) is 7.23. The van der Waals surface area contributed by atoms with E-state index in [1.54, 1.807) is 12.1 Å². The highest BCUT2D eigenvalue weighted by molar-refractivity contribution is 7.72. The van der Waals surface area contributed by atoms with Crippen LogP contribution in [-0.2, 0) is 23.8 Å². The van der Waals surface area contributed by atoms with Gasteiger partial charge in [-0.2, -0.15) is 8.42 Å². The Morgan fingerprint density at radius 3 is 2.23 bits per heavy atom. The SMILES string of the molecule is Cc1ccc(CC(n2c(=O)c(C)cn(C)c2=O)=S(=O)=O)cc1. The van der Waals surface area contributed by atoms with Gasteiger partial charge in [-0.25, -0.2) is 9.36 Å². The predicted molar refractivity (Wildman–Crippen MR) is 84.9 cm³/mol. The number of hydrogen-bond acceptors (Lipinski definition) is 4. The van der Waals surface area contributed by atoms with Gasteiger partial charge in [0.05, 0.1) is 0 Å². The minimum absolute atomic E-state index is 0.0189. The molecule has 0 N–H and O–H groups in total. The van der Waals surface area contributed by atoms with Gasteiger partial charge in [-0.15, -0.1) is 0 Å². The zero-order valence-electron chi connectivity index (χ0n) is 12.5. The first-order valence-electron chi connectivity index (χ1n) is 6.61. The van der Waals surface area contributed by atoms with E-state index >= 15 is 0 Å². The molecule has 0 aliphatic rings. The molecule has 116 valence electrons. The first-order valence-corrected chi connectivity index (χ1v) is 7.69. The molecule has 1 heterocycles. The zero-order valence-corrected chi connectivity index (χ0v) is 13.3. The summed E-state index contributed by atoms with van der Waals surface area (Å²) in [5, 5.41) is 0. The van der Waals surface area contributed by atoms with Crippen LogP contribution in [0.15, 0.2) is 40.1 Å². The molecule has 0 atom stereocenters. The average Bonchev–Trinajstić information content (AvgIpc) is 2.46. The zero-order chi connectivity index (χ0) is 16.4. The third kappa shape index (κ3) is 3.09. The topological polar surface area (TPSA) is 78.1 Å². The number of aromatic nitrogens is 2. The quantitative estimate of drug-likeness (QED) is 0.744. The van der Waals surface area contributed by atoms with E-state index in [4.69, 9.17) is 0 Å². The number of benzene rings is 1. The Labute approximate surface area is 128 Å². The highest BCUT2D eigenvalue weighted by Gasteiger charge is 2.15. The molecular formula is C15H16N2O4S. The molecule has 0 unspecified atom stereocenters. The van der Waals surface area contributed by atoms with Crippen LogP contribution in [-0.4, -0.2) is 22.5 Å². The summed E-state index contributed by atoms with van der Waals surface area (Å²) in [6.45, 7) is 3.45. The van der Waals surface area contributed by atoms with Gasteiger partial charge >= 0.3 is 5.69 Å². The molecule has 6 nitrogen and oxygen atoms in total. The number of rotatable bonds is 2. The predicted octanol–water partition coefficient (Wildman–Crippen LogP) is 0.264. The Morgan fingerprint density at radius 2 is 1.68 bits per heavy atom. The van der Waals surface area contributed by atoms with Crippen LogP contribution in [0.3, 0.4) is 0 Å². The molecule has 2 rings (SSSR count). The number of hydrogen-bond donors (Lipinski definition) is 0. The maximum atomic E-state index is 12.2. The van der Waals surface area contributed by atoms with E-state index in [-0.39, 0.29) is 11.4 Å². The van der Waals surface area contributed by atoms with Crippen LogP contribution >= 0.6 is 0 Å². The molecule has 0 saturated carbocycles. The van der Waals surface area contributed by atoms with Gasteiger partial charge in [0.1, 0.15) is 0 Å². The van der Waals surface area contributed by atoms with Crippen molar-refractivity contribution in [3.8, 4) is 0 Å². The van der Waals surface area contributed by atoms with Gasteiger partial charge in [-0.3, -0.25) is 4.79 Å². The molecule has 0 aliphatic carbocycles. The molecule has 1 aromatic heterocycles. The van der Waals surface area contributed by atoms with E-state index < -0.39 is 21.5 Å². The molecule has 0 fully saturated rings. The van der Waals surface area contributed by atoms with Gasteiger partial charge in [0, 0.05) is 25.2 Å². The molecule has 0 radical (unpaired) electrons. The Balaban J connectivity index is 2.67. The molecule has 2 aromatic rings. The number of nitrogens with zero attached hydrogens (tertiary/aromatic N) is 2. The summed E-state index contributed by atoms with van der Waals surface area (Å²) in [7, 11) is -1.21. The molecule has 0 aliphatic heterocycles. The van der Waals surface area contributed by atoms with E-state index in [1.807, 2.05) is 19.1 Å². The summed E-state index contributed by atoms with van der Waals surface area (Å²) in [5.74, 6) is 0. The fraction of sp³-hybridized carbons (Fsp3) is 0.267. The van der Waals surface area contributed by atoms with Crippen LogP contribution in [0.2, 0.25) is 0 Å². The lowest BCUT2D eigenvalue weighted by Gasteiger charge is -2.09. The van der Waals surface area contributed by atoms with Gasteiger partial charge in [0.2, 0.25) is 10.3 Å². The lowest BCUT2D eigenvalue weighted by molar-refractivity contribution is 0.625. The van der Waals surface area contributed by atoms with Crippen molar-refractivity contribution in [1.29, 1.82) is 0 Å². The first kappa shape index (κ1) is 16.0. The molecular weight excluding hydrogens is 304 g/mol. The first-order chi connectivity index (χ1) is 10.3. The van der Waals surface area contributed by atoms with Gasteiger partial charge in [-0.1, -0.05) is 29.8 Å². The fourth-order valence-electron chi connectivity index (χ4n) is 2.13. The lowest BCUT2D eigenvalue weighted by atomic mass is 10.1. The van der Waals surface area contributed by atoms with Crippen molar-refractivity contribution < 1.29 is 8.42 Å². The van der Waals surface area contributed by atoms with Gasteiger partial charge in [0.25, 0.3) is 5.56 Å². The average molecular weight is 320 g/mol. The van der Waals surface area contributed by atoms with E-state index in [1.165, 1.54) is 24.7 Å². The molecule has 0 spiro atoms. The lowest BCUT2D eigenvalue weighted by Crippen LogP contribution is -2.44. The molecule has 22 heavy (non-hydrogen) atoms. The van der Waals surface area contributed by atoms with Gasteiger partial charge < -0.3 is 4.57 Å². The van der Waals surface area contributed by atoms with E-state index in [0.717, 1.165) is 10.1 Å². The van der Waals surface area contributed by atoms with Crippen molar-refractivity contribution in [1.82, 2.24) is 9.13 Å². The number of aryl methyl sites for hydroxylation is 3. The normalized spacial score (nSPS) is 10.5. The highest BCUT2D eigenvalue weighted by atomic mass is 32.2. The minimum atomic E-state index is -2.68. The summed E-state index contributed by atoms with van der Waals surface area (Å²) in [6.07, 6.45) is 1.37. The molecule has 1 aromatic carbocycles. The van der Waals surface area contributed by atoms with Crippen LogP contribution in [0.1, 0.15) is 16.7 Å². The molecule has 0 saturated heterocycles. The largest absolute Gasteiger partial charge is 0.335 e. The molecule has 0 bridgehead atoms. The third-order valence-electron chi connectivity index (χ3n) is 3.34. The standard InChI is InChI=1S/C15H16N2O4S/c1-10-4-6-12(7-5-10)8-13(22(20)21)17-14(18)11(2)9-16(3)15(17)19/h4-7,9H,8H2,1-3H3. The highest BCUT2D eigenvalue weighted by Crippen LogP contribution is 2.04. The minimum Gasteiger partial charge on any atom is -0.303 e. The van der Waals surface area contributed by atoms with E-state index in [0.29, 0.717) is 11.1 Å². The Kier molecular flexibility index (Phi) is 4.46. The van der Waals surface area contributed by atoms with Crippen molar-refractivity contribution in [2.45, 2.75) is 20.3 Å². The molecule has 0 amide bonds. The summed E-state index contributed by atoms with van der Waals surface area (Å²) in [5.41, 5.74) is 0.753. The van der Waals surface area contributed by atoms with Crippen LogP contribution in [0.4, 0.5) is 0 Å². The van der Waals surface area contributed by atoms with Crippen molar-refractivity contribution in [3.05, 3.63) is 68.0 Å². The maximum Gasteiger partial charge on any atom is 0.335 e. The summed E-state index contributed by atoms with van der Waals surface area (Å²) >= 11 is 0. The van der Waals surface area contributed by atoms with Crippen LogP contribution < -0.4 is 11.2 Å². The maximum absolute atomic E-state index is 12.2. The second-order valence-corrected chi connectivity index (χ2v) is 6.08. The van der Waals surface area contributed by atoms with E-state index in [2.05, 4.69) is 0 Å². The second-order valence-electron chi connectivity index (χ2n) is 5.14. The van der Waals surface area contributed by atoms with Crippen LogP contribution in [0.5, 0.6) is 0 Å². The summed E-state index contributed by atoms with van der Waals surface area (Å²) < 4.78 is 25.0. The van der Waals surface area contributed by atoms with Crippen LogP contribution in [0.25, 0.3) is 0 Å². The Bertz CT molecular complexity index is 922. The van der Waals surface area contributed by atoms with Crippen molar-refractivity contribution in [2.75, 3.05) is 0 Å². The smallest absolute Gasteiger partial charge is 0.303 e. The van der Waals surface area contributed by atoms with Crippen LogP contribution in [0, 0.1) is 13.8 Å². The third-order valence-corrected chi connectivity index (χ3v) is 4.05. The fourth-order valence-corrected chi connectivity index (χ4v) is 2.73. The monoisotopic (exact) mass is 320 g/mol. The van der Waals surface area contributed by atoms with Gasteiger partial charge in [-0.05, 0) is 19.4 Å². The van der Waals surface area contributed by atoms with Gasteiger partial charge in [0.15, 0.2) is 4.99 Å². The van der Waals surface area contributed by atoms with Crippen molar-refractivity contribution >= 4 is 15.3 Å². The molecule has 7 heteroatoms.